The Balaban J connectivity index is 2.08. The lowest BCUT2D eigenvalue weighted by molar-refractivity contribution is -0.213. The van der Waals surface area contributed by atoms with E-state index in [2.05, 4.69) is 0 Å². The maximum Gasteiger partial charge on any atom is 0.0947 e. The molecule has 2 aliphatic heterocycles. The Morgan fingerprint density at radius 1 is 1.40 bits per heavy atom. The molecule has 2 N–H and O–H groups in total. The molecule has 2 saturated heterocycles. The Bertz CT molecular complexity index is 152. The fourth-order valence-corrected chi connectivity index (χ4v) is 2.08. The van der Waals surface area contributed by atoms with E-state index < -0.39 is 0 Å². The Hall–Kier alpha value is -0.120. The summed E-state index contributed by atoms with van der Waals surface area (Å²) in [5, 5.41) is 0. The van der Waals surface area contributed by atoms with E-state index in [4.69, 9.17) is 15.2 Å². The van der Waals surface area contributed by atoms with Gasteiger partial charge in [0.15, 0.2) is 0 Å². The summed E-state index contributed by atoms with van der Waals surface area (Å²) < 4.78 is 10.6. The Morgan fingerprint density at radius 2 is 2.10 bits per heavy atom. The predicted molar refractivity (Wildman–Crippen MR) is 36.7 cm³/mol. The number of hydrogen-bond acceptors (Lipinski definition) is 3. The van der Waals surface area contributed by atoms with Crippen molar-refractivity contribution in [3.05, 3.63) is 0 Å². The first kappa shape index (κ1) is 6.58. The molecule has 3 rings (SSSR count). The van der Waals surface area contributed by atoms with Gasteiger partial charge in [0, 0.05) is 12.6 Å². The van der Waals surface area contributed by atoms with Crippen LogP contribution in [-0.4, -0.2) is 31.5 Å². The lowest BCUT2D eigenvalue weighted by atomic mass is 9.64. The zero-order chi connectivity index (χ0) is 7.24. The molecule has 2 heterocycles. The average Bonchev–Trinajstić information content (AvgIpc) is 1.86. The molecule has 3 aliphatic rings. The molecule has 1 saturated carbocycles. The van der Waals surface area contributed by atoms with E-state index in [-0.39, 0.29) is 11.1 Å². The van der Waals surface area contributed by atoms with Crippen molar-refractivity contribution < 1.29 is 9.47 Å². The molecule has 58 valence electrons. The number of fused-ring (bicyclic) bond motifs is 2. The van der Waals surface area contributed by atoms with E-state index in [1.165, 1.54) is 0 Å². The normalized spacial score (nSPS) is 52.2. The summed E-state index contributed by atoms with van der Waals surface area (Å²) >= 11 is 0. The first-order valence-corrected chi connectivity index (χ1v) is 3.60. The second-order valence-electron chi connectivity index (χ2n) is 3.60. The molecule has 0 aromatic heterocycles. The van der Waals surface area contributed by atoms with Crippen LogP contribution >= 0.6 is 0 Å². The van der Waals surface area contributed by atoms with Gasteiger partial charge in [-0.05, 0) is 12.8 Å². The first-order valence-electron chi connectivity index (χ1n) is 3.60. The van der Waals surface area contributed by atoms with Crippen molar-refractivity contribution in [2.75, 3.05) is 20.3 Å². The second kappa shape index (κ2) is 1.72. The molecule has 0 aromatic rings. The van der Waals surface area contributed by atoms with Crippen molar-refractivity contribution in [3.8, 4) is 0 Å². The Morgan fingerprint density at radius 3 is 2.50 bits per heavy atom. The zero-order valence-corrected chi connectivity index (χ0v) is 6.22. The van der Waals surface area contributed by atoms with E-state index >= 15 is 0 Å². The van der Waals surface area contributed by atoms with Crippen LogP contribution in [0.1, 0.15) is 12.8 Å². The van der Waals surface area contributed by atoms with Crippen molar-refractivity contribution in [3.63, 3.8) is 0 Å². The average molecular weight is 143 g/mol. The van der Waals surface area contributed by atoms with Crippen LogP contribution in [0.15, 0.2) is 0 Å². The third-order valence-electron chi connectivity index (χ3n) is 2.54. The van der Waals surface area contributed by atoms with Gasteiger partial charge in [0.25, 0.3) is 0 Å². The monoisotopic (exact) mass is 143 g/mol. The molecule has 0 spiro atoms. The molecule has 0 amide bonds. The number of nitrogens with two attached hydrogens (primary N) is 1. The number of hydrogen-bond donors (Lipinski definition) is 1. The number of rotatable bonds is 1. The SMILES string of the molecule is COC12COCC(N)(C1)C2. The minimum Gasteiger partial charge on any atom is -0.377 e. The highest BCUT2D eigenvalue weighted by Crippen LogP contribution is 2.45. The molecule has 1 aliphatic carbocycles. The minimum atomic E-state index is -0.0613. The summed E-state index contributed by atoms with van der Waals surface area (Å²) in [6.45, 7) is 1.43. The highest BCUT2D eigenvalue weighted by Gasteiger charge is 2.56. The molecule has 0 aromatic carbocycles. The summed E-state index contributed by atoms with van der Waals surface area (Å²) in [6, 6.07) is 0. The van der Waals surface area contributed by atoms with Gasteiger partial charge in [-0.25, -0.2) is 0 Å². The summed E-state index contributed by atoms with van der Waals surface area (Å²) in [4.78, 5) is 0. The van der Waals surface area contributed by atoms with Gasteiger partial charge in [-0.2, -0.15) is 0 Å². The van der Waals surface area contributed by atoms with Crippen molar-refractivity contribution in [2.24, 2.45) is 5.73 Å². The van der Waals surface area contributed by atoms with Crippen molar-refractivity contribution in [2.45, 2.75) is 24.0 Å². The molecule has 2 bridgehead atoms. The smallest absolute Gasteiger partial charge is 0.0947 e. The van der Waals surface area contributed by atoms with E-state index in [1.807, 2.05) is 0 Å². The molecule has 0 radical (unpaired) electrons. The van der Waals surface area contributed by atoms with Gasteiger partial charge in [-0.1, -0.05) is 0 Å². The summed E-state index contributed by atoms with van der Waals surface area (Å²) in [6.07, 6.45) is 1.94. The van der Waals surface area contributed by atoms with E-state index in [9.17, 15) is 0 Å². The molecule has 3 nitrogen and oxygen atoms in total. The quantitative estimate of drug-likeness (QED) is 0.557. The Kier molecular flexibility index (Phi) is 1.14. The molecule has 0 unspecified atom stereocenters. The van der Waals surface area contributed by atoms with Crippen LogP contribution in [0.4, 0.5) is 0 Å². The van der Waals surface area contributed by atoms with Gasteiger partial charge in [0.05, 0.1) is 18.8 Å². The topological polar surface area (TPSA) is 44.5 Å². The van der Waals surface area contributed by atoms with Gasteiger partial charge >= 0.3 is 0 Å². The maximum atomic E-state index is 5.90. The lowest BCUT2D eigenvalue weighted by Gasteiger charge is -2.57. The van der Waals surface area contributed by atoms with Crippen LogP contribution in [-0.2, 0) is 9.47 Å². The third kappa shape index (κ3) is 0.713. The van der Waals surface area contributed by atoms with Crippen LogP contribution in [0.3, 0.4) is 0 Å². The van der Waals surface area contributed by atoms with E-state index in [0.29, 0.717) is 6.61 Å². The van der Waals surface area contributed by atoms with Crippen LogP contribution in [0.5, 0.6) is 0 Å². The largest absolute Gasteiger partial charge is 0.377 e. The van der Waals surface area contributed by atoms with Crippen LogP contribution in [0, 0.1) is 0 Å². The number of ether oxygens (including phenoxy) is 2. The van der Waals surface area contributed by atoms with Gasteiger partial charge in [0.2, 0.25) is 0 Å². The molecular weight excluding hydrogens is 130 g/mol. The minimum absolute atomic E-state index is 0.0208. The van der Waals surface area contributed by atoms with Crippen molar-refractivity contribution >= 4 is 0 Å². The van der Waals surface area contributed by atoms with Crippen molar-refractivity contribution in [1.82, 2.24) is 0 Å². The fourth-order valence-electron chi connectivity index (χ4n) is 2.08. The first-order chi connectivity index (χ1) is 4.68. The standard InChI is InChI=1S/C7H13NO2/c1-9-7-2-6(8,3-7)4-10-5-7/h2-5,8H2,1H3. The molecule has 0 atom stereocenters. The molecular formula is C7H13NO2. The summed E-state index contributed by atoms with van der Waals surface area (Å²) in [5.74, 6) is 0. The van der Waals surface area contributed by atoms with Gasteiger partial charge < -0.3 is 15.2 Å². The lowest BCUT2D eigenvalue weighted by Crippen LogP contribution is -2.70. The Labute approximate surface area is 60.5 Å². The predicted octanol–water partition coefficient (Wildman–Crippen LogP) is -0.107. The van der Waals surface area contributed by atoms with Crippen LogP contribution in [0.2, 0.25) is 0 Å². The van der Waals surface area contributed by atoms with Crippen molar-refractivity contribution in [1.29, 1.82) is 0 Å². The molecule has 3 fully saturated rings. The van der Waals surface area contributed by atoms with Crippen LogP contribution < -0.4 is 5.73 Å². The third-order valence-corrected chi connectivity index (χ3v) is 2.54. The van der Waals surface area contributed by atoms with Gasteiger partial charge in [0.1, 0.15) is 0 Å². The summed E-state index contributed by atoms with van der Waals surface area (Å²) in [7, 11) is 1.73. The number of methoxy groups -OCH3 is 1. The second-order valence-corrected chi connectivity index (χ2v) is 3.60. The van der Waals surface area contributed by atoms with E-state index in [0.717, 1.165) is 19.4 Å². The van der Waals surface area contributed by atoms with E-state index in [1.54, 1.807) is 7.11 Å². The summed E-state index contributed by atoms with van der Waals surface area (Å²) in [5.41, 5.74) is 5.82. The van der Waals surface area contributed by atoms with Crippen LogP contribution in [0.25, 0.3) is 0 Å². The highest BCUT2D eigenvalue weighted by atomic mass is 16.5. The fraction of sp³-hybridized carbons (Fsp3) is 1.00. The van der Waals surface area contributed by atoms with Gasteiger partial charge in [-0.3, -0.25) is 0 Å². The van der Waals surface area contributed by atoms with Gasteiger partial charge in [-0.15, -0.1) is 0 Å². The highest BCUT2D eigenvalue weighted by molar-refractivity contribution is 5.12. The zero-order valence-electron chi connectivity index (χ0n) is 6.22. The molecule has 10 heavy (non-hydrogen) atoms. The molecule has 3 heteroatoms. The maximum absolute atomic E-state index is 5.90.